The third-order valence-corrected chi connectivity index (χ3v) is 10.7. The number of aromatic nitrogens is 5. The Kier molecular flexibility index (Phi) is 7.00. The van der Waals surface area contributed by atoms with Gasteiger partial charge in [-0.15, -0.1) is 11.7 Å². The Hall–Kier alpha value is -3.34. The molecule has 5 rings (SSSR count). The van der Waals surface area contributed by atoms with E-state index in [1.165, 1.54) is 21.5 Å². The van der Waals surface area contributed by atoms with Gasteiger partial charge in [0.1, 0.15) is 29.9 Å². The van der Waals surface area contributed by atoms with E-state index in [4.69, 9.17) is 10.5 Å². The van der Waals surface area contributed by atoms with Gasteiger partial charge in [-0.25, -0.2) is 9.48 Å². The van der Waals surface area contributed by atoms with Gasteiger partial charge in [-0.3, -0.25) is 14.2 Å². The maximum absolute atomic E-state index is 13.5. The second-order valence-corrected chi connectivity index (χ2v) is 12.7. The minimum absolute atomic E-state index is 0.0900. The van der Waals surface area contributed by atoms with E-state index < -0.39 is 34.7 Å². The van der Waals surface area contributed by atoms with E-state index in [-0.39, 0.29) is 47.9 Å². The minimum Gasteiger partial charge on any atom is -0.460 e. The number of rotatable bonds is 6. The number of carbonyl (C=O) groups is 2. The summed E-state index contributed by atoms with van der Waals surface area (Å²) in [6.45, 7) is 12.3. The largest absolute Gasteiger partial charge is 0.460 e. The van der Waals surface area contributed by atoms with Gasteiger partial charge >= 0.3 is 11.7 Å². The zero-order valence-corrected chi connectivity index (χ0v) is 23.7. The van der Waals surface area contributed by atoms with Crippen LogP contribution in [0.5, 0.6) is 0 Å². The highest BCUT2D eigenvalue weighted by atomic mass is 16.5. The van der Waals surface area contributed by atoms with E-state index >= 15 is 0 Å². The first-order valence-electron chi connectivity index (χ1n) is 14.1. The maximum atomic E-state index is 13.5. The van der Waals surface area contributed by atoms with E-state index in [1.54, 1.807) is 12.3 Å². The fraction of sp³-hybridized carbons (Fsp3) is 0.655. The molecule has 0 aromatic carbocycles. The highest BCUT2D eigenvalue weighted by Gasteiger charge is 2.68. The van der Waals surface area contributed by atoms with Crippen molar-refractivity contribution < 1.29 is 19.4 Å². The molecule has 2 heterocycles. The lowest BCUT2D eigenvalue weighted by Crippen LogP contribution is -2.63. The van der Waals surface area contributed by atoms with Crippen molar-refractivity contribution in [2.24, 2.45) is 34.0 Å². The molecule has 3 aliphatic carbocycles. The van der Waals surface area contributed by atoms with Crippen LogP contribution in [-0.2, 0) is 27.4 Å². The van der Waals surface area contributed by atoms with Gasteiger partial charge in [0.05, 0.1) is 18.8 Å². The Bertz CT molecular complexity index is 1390. The second-order valence-electron chi connectivity index (χ2n) is 12.7. The molecule has 3 fully saturated rings. The normalized spacial score (nSPS) is 37.3. The van der Waals surface area contributed by atoms with E-state index in [0.29, 0.717) is 18.5 Å². The summed E-state index contributed by atoms with van der Waals surface area (Å²) < 4.78 is 8.98. The lowest BCUT2D eigenvalue weighted by atomic mass is 9.44. The molecule has 0 saturated heterocycles. The molecule has 0 unspecified atom stereocenters. The molecule has 11 heteroatoms. The van der Waals surface area contributed by atoms with Gasteiger partial charge in [0.15, 0.2) is 0 Å². The van der Waals surface area contributed by atoms with Crippen LogP contribution in [0.3, 0.4) is 0 Å². The average Bonchev–Trinajstić information content (AvgIpc) is 3.50. The summed E-state index contributed by atoms with van der Waals surface area (Å²) in [6, 6.07) is 1.52. The number of carbonyl (C=O) groups excluding carboxylic acids is 2. The van der Waals surface area contributed by atoms with Crippen LogP contribution in [0.4, 0.5) is 5.82 Å². The molecular weight excluding hydrogens is 512 g/mol. The number of hydrogen-bond acceptors (Lipinski definition) is 9. The monoisotopic (exact) mass is 552 g/mol. The van der Waals surface area contributed by atoms with Crippen LogP contribution in [-0.4, -0.2) is 53.6 Å². The predicted octanol–water partition coefficient (Wildman–Crippen LogP) is 2.37. The minimum atomic E-state index is -0.721. The van der Waals surface area contributed by atoms with Gasteiger partial charge in [0.25, 0.3) is 0 Å². The Morgan fingerprint density at radius 1 is 1.30 bits per heavy atom. The van der Waals surface area contributed by atoms with Gasteiger partial charge in [-0.05, 0) is 49.0 Å². The van der Waals surface area contributed by atoms with Gasteiger partial charge in [-0.1, -0.05) is 39.0 Å². The number of aliphatic hydroxyl groups is 1. The lowest BCUT2D eigenvalue weighted by Gasteiger charge is -2.61. The van der Waals surface area contributed by atoms with E-state index in [0.717, 1.165) is 19.3 Å². The number of nitrogen functional groups attached to an aromatic ring is 1. The van der Waals surface area contributed by atoms with Crippen molar-refractivity contribution in [2.75, 3.05) is 5.73 Å². The van der Waals surface area contributed by atoms with Gasteiger partial charge in [0.2, 0.25) is 0 Å². The topological polar surface area (TPSA) is 155 Å². The average molecular weight is 553 g/mol. The van der Waals surface area contributed by atoms with Crippen LogP contribution >= 0.6 is 0 Å². The summed E-state index contributed by atoms with van der Waals surface area (Å²) in [5.74, 6) is -0.388. The molecule has 40 heavy (non-hydrogen) atoms. The van der Waals surface area contributed by atoms with Crippen LogP contribution in [0.15, 0.2) is 35.9 Å². The van der Waals surface area contributed by atoms with Crippen molar-refractivity contribution in [3.63, 3.8) is 0 Å². The molecule has 3 saturated carbocycles. The van der Waals surface area contributed by atoms with Crippen molar-refractivity contribution >= 4 is 17.6 Å². The zero-order chi connectivity index (χ0) is 29.0. The van der Waals surface area contributed by atoms with Gasteiger partial charge < -0.3 is 15.6 Å². The smallest absolute Gasteiger partial charge is 0.349 e. The quantitative estimate of drug-likeness (QED) is 0.406. The molecule has 0 amide bonds. The molecular formula is C29H40N6O5. The van der Waals surface area contributed by atoms with Crippen LogP contribution in [0, 0.1) is 34.0 Å². The highest BCUT2D eigenvalue weighted by molar-refractivity contribution is 5.85. The number of nitrogens with zero attached hydrogens (tertiary/aromatic N) is 5. The number of ketones is 1. The van der Waals surface area contributed by atoms with Crippen LogP contribution in [0.25, 0.3) is 0 Å². The summed E-state index contributed by atoms with van der Waals surface area (Å²) in [4.78, 5) is 42.7. The molecule has 2 bridgehead atoms. The third-order valence-electron chi connectivity index (χ3n) is 10.7. The Labute approximate surface area is 233 Å². The standard InChI is InChI=1S/C29H40N6O5/c1-6-27(4)13-21(28(5)17(2)7-10-29(18(3)25(27)38)11-8-20(36)24(28)29)40-23(37)16-35-15-19(32-33-35)14-34-12-9-22(30)31-26(34)39/h6,9,12,15,17-18,21,24-25,38H,1,7-8,10-11,13-14,16H2,2-5H3,(H2,30,31,39)/t17-,18+,21-,24-,25+,27-,28+,29+/m1/s1. The van der Waals surface area contributed by atoms with Crippen molar-refractivity contribution in [1.29, 1.82) is 0 Å². The van der Waals surface area contributed by atoms with Crippen LogP contribution in [0.1, 0.15) is 65.5 Å². The van der Waals surface area contributed by atoms with Crippen molar-refractivity contribution in [3.05, 3.63) is 47.3 Å². The van der Waals surface area contributed by atoms with E-state index in [1.807, 2.05) is 6.92 Å². The lowest BCUT2D eigenvalue weighted by molar-refractivity contribution is -0.207. The molecule has 8 atom stereocenters. The molecule has 0 spiro atoms. The molecule has 2 aromatic rings. The van der Waals surface area contributed by atoms with Gasteiger partial charge in [-0.2, -0.15) is 4.98 Å². The molecule has 2 aromatic heterocycles. The molecule has 0 aliphatic heterocycles. The first-order valence-corrected chi connectivity index (χ1v) is 14.1. The van der Waals surface area contributed by atoms with E-state index in [2.05, 4.69) is 42.6 Å². The Morgan fingerprint density at radius 2 is 2.05 bits per heavy atom. The highest BCUT2D eigenvalue weighted by Crippen LogP contribution is 2.68. The summed E-state index contributed by atoms with van der Waals surface area (Å²) in [6.07, 6.45) is 6.95. The van der Waals surface area contributed by atoms with Crippen molar-refractivity contribution in [1.82, 2.24) is 24.5 Å². The van der Waals surface area contributed by atoms with Gasteiger partial charge in [0, 0.05) is 29.4 Å². The molecule has 3 N–H and O–H groups in total. The summed E-state index contributed by atoms with van der Waals surface area (Å²) in [5, 5.41) is 19.8. The molecule has 11 nitrogen and oxygen atoms in total. The first-order chi connectivity index (χ1) is 18.8. The number of Topliss-reactive ketones (excluding diaryl/α,β-unsaturated/α-hetero) is 1. The maximum Gasteiger partial charge on any atom is 0.349 e. The number of hydrogen-bond donors (Lipinski definition) is 2. The number of anilines is 1. The number of aliphatic hydroxyl groups excluding tert-OH is 1. The summed E-state index contributed by atoms with van der Waals surface area (Å²) in [7, 11) is 0. The van der Waals surface area contributed by atoms with Crippen molar-refractivity contribution in [2.45, 2.75) is 85.1 Å². The summed E-state index contributed by atoms with van der Waals surface area (Å²) >= 11 is 0. The van der Waals surface area contributed by atoms with Crippen molar-refractivity contribution in [3.8, 4) is 0 Å². The van der Waals surface area contributed by atoms with Crippen LogP contribution in [0.2, 0.25) is 0 Å². The third kappa shape index (κ3) is 4.38. The fourth-order valence-electron chi connectivity index (χ4n) is 8.05. The molecule has 3 aliphatic rings. The molecule has 0 radical (unpaired) electrons. The number of nitrogens with two attached hydrogens (primary N) is 1. The second kappa shape index (κ2) is 9.94. The SMILES string of the molecule is C=C[C@]1(C)C[C@@H](OC(=O)Cn2cc(Cn3ccc(N)nc3=O)nn2)[C@]2(C)[C@H](C)CC[C@]3(CCC(=O)[C@@H]32)[C@@H](C)[C@@H]1O. The van der Waals surface area contributed by atoms with Crippen LogP contribution < -0.4 is 11.4 Å². The number of esters is 1. The zero-order valence-electron chi connectivity index (χ0n) is 23.7. The molecule has 216 valence electrons. The predicted molar refractivity (Wildman–Crippen MR) is 147 cm³/mol. The summed E-state index contributed by atoms with van der Waals surface area (Å²) in [5.41, 5.74) is 3.90. The fourth-order valence-corrected chi connectivity index (χ4v) is 8.05. The Balaban J connectivity index is 1.41. The first kappa shape index (κ1) is 28.2. The van der Waals surface area contributed by atoms with E-state index in [9.17, 15) is 19.5 Å². The number of ether oxygens (including phenoxy) is 1. The Morgan fingerprint density at radius 3 is 2.75 bits per heavy atom.